The summed E-state index contributed by atoms with van der Waals surface area (Å²) < 4.78 is 19.5. The average Bonchev–Trinajstić information content (AvgIpc) is 2.55. The van der Waals surface area contributed by atoms with E-state index >= 15 is 0 Å². The molecule has 0 radical (unpaired) electrons. The van der Waals surface area contributed by atoms with Crippen molar-refractivity contribution in [2.45, 2.75) is 39.3 Å². The van der Waals surface area contributed by atoms with Crippen molar-refractivity contribution in [2.24, 2.45) is 0 Å². The van der Waals surface area contributed by atoms with Gasteiger partial charge in [0.15, 0.2) is 0 Å². The van der Waals surface area contributed by atoms with Gasteiger partial charge in [0.25, 0.3) is 0 Å². The fourth-order valence-corrected chi connectivity index (χ4v) is 2.52. The quantitative estimate of drug-likeness (QED) is 0.625. The van der Waals surface area contributed by atoms with E-state index in [0.717, 1.165) is 24.3 Å². The van der Waals surface area contributed by atoms with Crippen LogP contribution in [0.2, 0.25) is 5.02 Å². The molecule has 23 heavy (non-hydrogen) atoms. The summed E-state index contributed by atoms with van der Waals surface area (Å²) in [5.74, 6) is 0.487. The predicted octanol–water partition coefficient (Wildman–Crippen LogP) is 5.34. The molecule has 0 spiro atoms. The molecular formula is C19H23ClFNO. The monoisotopic (exact) mass is 335 g/mol. The minimum Gasteiger partial charge on any atom is -0.488 e. The van der Waals surface area contributed by atoms with Gasteiger partial charge in [-0.05, 0) is 37.2 Å². The summed E-state index contributed by atoms with van der Waals surface area (Å²) in [6, 6.07) is 12.2. The first-order valence-corrected chi connectivity index (χ1v) is 8.44. The molecule has 0 bridgehead atoms. The molecule has 0 aliphatic carbocycles. The smallest absolute Gasteiger partial charge is 0.129 e. The second kappa shape index (κ2) is 9.53. The van der Waals surface area contributed by atoms with Crippen LogP contribution in [-0.4, -0.2) is 6.54 Å². The molecule has 4 heteroatoms. The van der Waals surface area contributed by atoms with Crippen molar-refractivity contribution in [3.05, 3.63) is 64.4 Å². The molecule has 0 heterocycles. The lowest BCUT2D eigenvalue weighted by Crippen LogP contribution is -2.15. The highest BCUT2D eigenvalue weighted by Crippen LogP contribution is 2.24. The van der Waals surface area contributed by atoms with Gasteiger partial charge in [0.1, 0.15) is 18.2 Å². The topological polar surface area (TPSA) is 21.3 Å². The minimum atomic E-state index is -0.249. The molecule has 0 unspecified atom stereocenters. The van der Waals surface area contributed by atoms with Gasteiger partial charge >= 0.3 is 0 Å². The summed E-state index contributed by atoms with van der Waals surface area (Å²) in [7, 11) is 0. The second-order valence-corrected chi connectivity index (χ2v) is 5.95. The first kappa shape index (κ1) is 17.8. The van der Waals surface area contributed by atoms with Crippen molar-refractivity contribution >= 4 is 11.6 Å². The molecule has 0 aliphatic heterocycles. The number of benzene rings is 2. The summed E-state index contributed by atoms with van der Waals surface area (Å²) >= 11 is 6.08. The molecule has 0 aromatic heterocycles. The van der Waals surface area contributed by atoms with E-state index in [1.165, 1.54) is 18.9 Å². The maximum atomic E-state index is 13.7. The Morgan fingerprint density at radius 1 is 1.09 bits per heavy atom. The third kappa shape index (κ3) is 5.85. The maximum Gasteiger partial charge on any atom is 0.129 e. The van der Waals surface area contributed by atoms with Gasteiger partial charge in [-0.1, -0.05) is 49.6 Å². The van der Waals surface area contributed by atoms with Gasteiger partial charge in [-0.2, -0.15) is 0 Å². The number of rotatable bonds is 9. The summed E-state index contributed by atoms with van der Waals surface area (Å²) in [6.07, 6.45) is 3.58. The van der Waals surface area contributed by atoms with Crippen molar-refractivity contribution in [1.82, 2.24) is 5.32 Å². The Kier molecular flexibility index (Phi) is 7.37. The van der Waals surface area contributed by atoms with E-state index in [9.17, 15) is 4.39 Å². The lowest BCUT2D eigenvalue weighted by Gasteiger charge is -2.13. The van der Waals surface area contributed by atoms with Crippen molar-refractivity contribution in [3.63, 3.8) is 0 Å². The first-order valence-electron chi connectivity index (χ1n) is 8.06. The molecule has 2 aromatic carbocycles. The number of nitrogens with one attached hydrogen (secondary N) is 1. The molecule has 124 valence electrons. The van der Waals surface area contributed by atoms with E-state index in [1.807, 2.05) is 12.1 Å². The largest absolute Gasteiger partial charge is 0.488 e. The van der Waals surface area contributed by atoms with Crippen molar-refractivity contribution in [3.8, 4) is 5.75 Å². The Labute approximate surface area is 142 Å². The molecule has 0 saturated carbocycles. The Hall–Kier alpha value is -1.58. The van der Waals surface area contributed by atoms with Gasteiger partial charge in [0, 0.05) is 22.7 Å². The maximum absolute atomic E-state index is 13.7. The molecule has 0 atom stereocenters. The number of unbranched alkanes of at least 4 members (excludes halogenated alkanes) is 2. The van der Waals surface area contributed by atoms with Gasteiger partial charge < -0.3 is 10.1 Å². The van der Waals surface area contributed by atoms with Crippen LogP contribution in [0.4, 0.5) is 4.39 Å². The molecule has 2 nitrogen and oxygen atoms in total. The van der Waals surface area contributed by atoms with E-state index < -0.39 is 0 Å². The van der Waals surface area contributed by atoms with Crippen LogP contribution in [0, 0.1) is 5.82 Å². The highest BCUT2D eigenvalue weighted by atomic mass is 35.5. The van der Waals surface area contributed by atoms with Crippen LogP contribution in [0.5, 0.6) is 5.75 Å². The molecule has 0 amide bonds. The van der Waals surface area contributed by atoms with Gasteiger partial charge in [-0.15, -0.1) is 0 Å². The van der Waals surface area contributed by atoms with Crippen molar-refractivity contribution < 1.29 is 9.13 Å². The van der Waals surface area contributed by atoms with Gasteiger partial charge in [-0.3, -0.25) is 0 Å². The molecular weight excluding hydrogens is 313 g/mol. The number of halogens is 2. The lowest BCUT2D eigenvalue weighted by molar-refractivity contribution is 0.296. The zero-order valence-electron chi connectivity index (χ0n) is 13.4. The molecule has 2 rings (SSSR count). The third-order valence-corrected chi connectivity index (χ3v) is 3.87. The zero-order valence-corrected chi connectivity index (χ0v) is 14.2. The van der Waals surface area contributed by atoms with E-state index in [0.29, 0.717) is 17.1 Å². The van der Waals surface area contributed by atoms with E-state index in [-0.39, 0.29) is 12.4 Å². The van der Waals surface area contributed by atoms with Crippen LogP contribution in [0.15, 0.2) is 42.5 Å². The van der Waals surface area contributed by atoms with Gasteiger partial charge in [0.05, 0.1) is 0 Å². The Balaban J connectivity index is 1.96. The fourth-order valence-electron chi connectivity index (χ4n) is 2.32. The average molecular weight is 336 g/mol. The number of ether oxygens (including phenoxy) is 1. The van der Waals surface area contributed by atoms with Crippen LogP contribution >= 0.6 is 11.6 Å². The van der Waals surface area contributed by atoms with Crippen LogP contribution in [0.25, 0.3) is 0 Å². The normalized spacial score (nSPS) is 10.7. The van der Waals surface area contributed by atoms with Crippen molar-refractivity contribution in [2.75, 3.05) is 6.54 Å². The van der Waals surface area contributed by atoms with Crippen molar-refractivity contribution in [1.29, 1.82) is 0 Å². The van der Waals surface area contributed by atoms with Crippen LogP contribution in [0.1, 0.15) is 37.3 Å². The first-order chi connectivity index (χ1) is 11.2. The number of hydrogen-bond donors (Lipinski definition) is 1. The summed E-state index contributed by atoms with van der Waals surface area (Å²) in [5, 5.41) is 4.08. The fraction of sp³-hybridized carbons (Fsp3) is 0.368. The van der Waals surface area contributed by atoms with E-state index in [2.05, 4.69) is 12.2 Å². The highest BCUT2D eigenvalue weighted by molar-refractivity contribution is 6.30. The molecule has 0 fully saturated rings. The van der Waals surface area contributed by atoms with E-state index in [1.54, 1.807) is 24.3 Å². The second-order valence-electron chi connectivity index (χ2n) is 5.52. The molecule has 2 aromatic rings. The SMILES string of the molecule is CCCCCNCc1cc(Cl)ccc1OCc1ccccc1F. The standard InChI is InChI=1S/C19H23ClFNO/c1-2-3-6-11-22-13-16-12-17(20)9-10-19(16)23-14-15-7-4-5-8-18(15)21/h4-5,7-10,12,22H,2-3,6,11,13-14H2,1H3. The minimum absolute atomic E-state index is 0.205. The molecule has 0 aliphatic rings. The summed E-state index contributed by atoms with van der Waals surface area (Å²) in [6.45, 7) is 4.05. The van der Waals surface area contributed by atoms with E-state index in [4.69, 9.17) is 16.3 Å². The zero-order chi connectivity index (χ0) is 16.5. The van der Waals surface area contributed by atoms with Crippen LogP contribution in [-0.2, 0) is 13.2 Å². The Bertz CT molecular complexity index is 618. The molecule has 1 N–H and O–H groups in total. The predicted molar refractivity (Wildman–Crippen MR) is 93.4 cm³/mol. The Morgan fingerprint density at radius 2 is 1.91 bits per heavy atom. The molecule has 0 saturated heterocycles. The number of hydrogen-bond acceptors (Lipinski definition) is 2. The van der Waals surface area contributed by atoms with Gasteiger partial charge in [-0.25, -0.2) is 4.39 Å². The summed E-state index contributed by atoms with van der Waals surface area (Å²) in [5.41, 5.74) is 1.54. The van der Waals surface area contributed by atoms with Crippen LogP contribution < -0.4 is 10.1 Å². The summed E-state index contributed by atoms with van der Waals surface area (Å²) in [4.78, 5) is 0. The third-order valence-electron chi connectivity index (χ3n) is 3.64. The van der Waals surface area contributed by atoms with Gasteiger partial charge in [0.2, 0.25) is 0 Å². The Morgan fingerprint density at radius 3 is 2.70 bits per heavy atom. The lowest BCUT2D eigenvalue weighted by atomic mass is 10.2. The highest BCUT2D eigenvalue weighted by Gasteiger charge is 2.07. The van der Waals surface area contributed by atoms with Crippen LogP contribution in [0.3, 0.4) is 0 Å².